The first-order valence-corrected chi connectivity index (χ1v) is 18.3. The lowest BCUT2D eigenvalue weighted by Gasteiger charge is -2.15. The summed E-state index contributed by atoms with van der Waals surface area (Å²) >= 11 is 0. The van der Waals surface area contributed by atoms with Gasteiger partial charge >= 0.3 is 0 Å². The highest BCUT2D eigenvalue weighted by atomic mass is 15.1. The van der Waals surface area contributed by atoms with Crippen LogP contribution in [0.4, 0.5) is 5.69 Å². The molecule has 0 saturated carbocycles. The third-order valence-electron chi connectivity index (χ3n) is 11.1. The third kappa shape index (κ3) is 4.45. The van der Waals surface area contributed by atoms with Gasteiger partial charge in [-0.05, 0) is 72.3 Å². The van der Waals surface area contributed by atoms with Crippen LogP contribution in [0, 0.1) is 17.9 Å². The fourth-order valence-corrected chi connectivity index (χ4v) is 8.74. The van der Waals surface area contributed by atoms with Crippen LogP contribution in [0.3, 0.4) is 0 Å². The SMILES string of the molecule is [C-]#[N+]c1ccc2c3ccccc3n(-c3ccc(C#N)c(-c4ccc(-n5c6ccccc6c6cccc(-n7c8ccccc8c8ccccc87)c65)cc4)c3)c2c1. The standard InChI is InChI=1S/C50H29N5/c1-52-34-24-28-41-39-13-2-6-16-44(39)53(49(41)29-34)36-27-23-33(31-51)43(30-36)32-21-25-35(26-22-32)54-45-17-7-5-14-40(45)42-15-10-20-48(50(42)54)55-46-18-8-3-11-37(46)38-12-4-9-19-47(38)55/h2-30H. The maximum absolute atomic E-state index is 10.3. The molecule has 0 atom stereocenters. The van der Waals surface area contributed by atoms with Gasteiger partial charge in [-0.1, -0.05) is 109 Å². The largest absolute Gasteiger partial charge is 0.310 e. The summed E-state index contributed by atoms with van der Waals surface area (Å²) in [7, 11) is 0. The van der Waals surface area contributed by atoms with E-state index in [0.717, 1.165) is 61.0 Å². The zero-order valence-corrected chi connectivity index (χ0v) is 29.5. The van der Waals surface area contributed by atoms with Crippen LogP contribution in [0.2, 0.25) is 0 Å². The molecule has 0 aliphatic rings. The van der Waals surface area contributed by atoms with Gasteiger partial charge in [0, 0.05) is 54.8 Å². The Bertz CT molecular complexity index is 3400. The molecule has 8 aromatic carbocycles. The minimum atomic E-state index is 0.590. The zero-order valence-electron chi connectivity index (χ0n) is 29.5. The van der Waals surface area contributed by atoms with E-state index in [4.69, 9.17) is 6.57 Å². The number of hydrogen-bond acceptors (Lipinski definition) is 1. The minimum Gasteiger partial charge on any atom is -0.310 e. The second-order valence-corrected chi connectivity index (χ2v) is 13.9. The van der Waals surface area contributed by atoms with E-state index in [0.29, 0.717) is 11.3 Å². The quantitative estimate of drug-likeness (QED) is 0.169. The Morgan fingerprint density at radius 1 is 0.436 bits per heavy atom. The Morgan fingerprint density at radius 2 is 0.964 bits per heavy atom. The molecular weight excluding hydrogens is 671 g/mol. The first kappa shape index (κ1) is 30.7. The van der Waals surface area contributed by atoms with Gasteiger partial charge in [0.1, 0.15) is 0 Å². The Labute approximate surface area is 316 Å². The van der Waals surface area contributed by atoms with E-state index in [2.05, 4.69) is 158 Å². The summed E-state index contributed by atoms with van der Waals surface area (Å²) in [5.41, 5.74) is 12.7. The van der Waals surface area contributed by atoms with Crippen LogP contribution in [-0.4, -0.2) is 13.7 Å². The van der Waals surface area contributed by atoms with E-state index in [1.165, 1.54) is 32.6 Å². The lowest BCUT2D eigenvalue weighted by atomic mass is 9.99. The Morgan fingerprint density at radius 3 is 1.58 bits per heavy atom. The molecule has 55 heavy (non-hydrogen) atoms. The van der Waals surface area contributed by atoms with Crippen molar-refractivity contribution in [2.45, 2.75) is 0 Å². The average Bonchev–Trinajstić information content (AvgIpc) is 3.89. The molecular formula is C50H29N5. The predicted molar refractivity (Wildman–Crippen MR) is 226 cm³/mol. The topological polar surface area (TPSA) is 42.9 Å². The van der Waals surface area contributed by atoms with E-state index >= 15 is 0 Å². The Hall–Kier alpha value is -7.86. The summed E-state index contributed by atoms with van der Waals surface area (Å²) in [6, 6.07) is 63.7. The summed E-state index contributed by atoms with van der Waals surface area (Å²) in [4.78, 5) is 3.72. The van der Waals surface area contributed by atoms with Crippen molar-refractivity contribution in [3.05, 3.63) is 193 Å². The van der Waals surface area contributed by atoms with Gasteiger partial charge in [0.2, 0.25) is 0 Å². The average molecular weight is 700 g/mol. The van der Waals surface area contributed by atoms with E-state index in [-0.39, 0.29) is 0 Å². The van der Waals surface area contributed by atoms with Gasteiger partial charge in [-0.25, -0.2) is 4.85 Å². The van der Waals surface area contributed by atoms with Crippen molar-refractivity contribution >= 4 is 71.1 Å². The maximum atomic E-state index is 10.3. The number of rotatable bonds is 4. The third-order valence-corrected chi connectivity index (χ3v) is 11.1. The first-order valence-electron chi connectivity index (χ1n) is 18.3. The highest BCUT2D eigenvalue weighted by Crippen LogP contribution is 2.41. The van der Waals surface area contributed by atoms with Crippen molar-refractivity contribution in [3.63, 3.8) is 0 Å². The monoisotopic (exact) mass is 699 g/mol. The lowest BCUT2D eigenvalue weighted by molar-refractivity contribution is 1.13. The van der Waals surface area contributed by atoms with Crippen molar-refractivity contribution in [2.24, 2.45) is 0 Å². The summed E-state index contributed by atoms with van der Waals surface area (Å²) < 4.78 is 6.98. The van der Waals surface area contributed by atoms with Crippen molar-refractivity contribution in [2.75, 3.05) is 0 Å². The zero-order chi connectivity index (χ0) is 36.6. The minimum absolute atomic E-state index is 0.590. The predicted octanol–water partition coefficient (Wildman–Crippen LogP) is 13.1. The molecule has 11 aromatic rings. The second-order valence-electron chi connectivity index (χ2n) is 13.9. The molecule has 3 heterocycles. The van der Waals surface area contributed by atoms with E-state index in [1.54, 1.807) is 0 Å². The fraction of sp³-hybridized carbons (Fsp3) is 0. The van der Waals surface area contributed by atoms with Crippen LogP contribution in [0.5, 0.6) is 0 Å². The molecule has 3 aromatic heterocycles. The van der Waals surface area contributed by atoms with E-state index in [9.17, 15) is 5.26 Å². The van der Waals surface area contributed by atoms with Crippen LogP contribution >= 0.6 is 0 Å². The van der Waals surface area contributed by atoms with E-state index in [1.807, 2.05) is 42.5 Å². The van der Waals surface area contributed by atoms with Gasteiger partial charge < -0.3 is 13.7 Å². The number of aromatic nitrogens is 3. The maximum Gasteiger partial charge on any atom is 0.189 e. The number of nitriles is 1. The molecule has 0 aliphatic heterocycles. The van der Waals surface area contributed by atoms with Gasteiger partial charge in [-0.15, -0.1) is 0 Å². The van der Waals surface area contributed by atoms with Gasteiger partial charge in [-0.3, -0.25) is 0 Å². The lowest BCUT2D eigenvalue weighted by Crippen LogP contribution is -2.00. The molecule has 254 valence electrons. The van der Waals surface area contributed by atoms with Crippen molar-refractivity contribution in [1.29, 1.82) is 5.26 Å². The molecule has 0 spiro atoms. The van der Waals surface area contributed by atoms with Crippen LogP contribution < -0.4 is 0 Å². The number of hydrogen-bond donors (Lipinski definition) is 0. The van der Waals surface area contributed by atoms with Crippen LogP contribution in [0.1, 0.15) is 5.56 Å². The number of para-hydroxylation sites is 5. The van der Waals surface area contributed by atoms with Gasteiger partial charge in [-0.2, -0.15) is 5.26 Å². The van der Waals surface area contributed by atoms with E-state index < -0.39 is 0 Å². The highest BCUT2D eigenvalue weighted by Gasteiger charge is 2.20. The molecule has 0 aliphatic carbocycles. The molecule has 0 bridgehead atoms. The molecule has 5 heteroatoms. The molecule has 0 fully saturated rings. The van der Waals surface area contributed by atoms with Gasteiger partial charge in [0.15, 0.2) is 5.69 Å². The fourth-order valence-electron chi connectivity index (χ4n) is 8.74. The van der Waals surface area contributed by atoms with Crippen LogP contribution in [-0.2, 0) is 0 Å². The molecule has 0 radical (unpaired) electrons. The molecule has 11 rings (SSSR count). The first-order chi connectivity index (χ1) is 27.2. The Balaban J connectivity index is 1.11. The summed E-state index contributed by atoms with van der Waals surface area (Å²) in [6.07, 6.45) is 0. The van der Waals surface area contributed by atoms with Crippen LogP contribution in [0.25, 0.3) is 98.5 Å². The van der Waals surface area contributed by atoms with Crippen molar-refractivity contribution in [1.82, 2.24) is 13.7 Å². The highest BCUT2D eigenvalue weighted by molar-refractivity contribution is 6.15. The number of benzene rings is 8. The van der Waals surface area contributed by atoms with Gasteiger partial charge in [0.25, 0.3) is 0 Å². The smallest absolute Gasteiger partial charge is 0.189 e. The molecule has 0 amide bonds. The van der Waals surface area contributed by atoms with Gasteiger partial charge in [0.05, 0.1) is 51.5 Å². The summed E-state index contributed by atoms with van der Waals surface area (Å²) in [6.45, 7) is 7.68. The Kier molecular flexibility index (Phi) is 6.61. The van der Waals surface area contributed by atoms with Crippen molar-refractivity contribution in [3.8, 4) is 34.3 Å². The molecule has 0 saturated heterocycles. The molecule has 0 unspecified atom stereocenters. The number of nitrogens with zero attached hydrogens (tertiary/aromatic N) is 5. The van der Waals surface area contributed by atoms with Crippen molar-refractivity contribution < 1.29 is 0 Å². The second kappa shape index (κ2) is 11.8. The molecule has 0 N–H and O–H groups in total. The number of fused-ring (bicyclic) bond motifs is 9. The summed E-state index contributed by atoms with van der Waals surface area (Å²) in [5.74, 6) is 0. The van der Waals surface area contributed by atoms with Crippen LogP contribution in [0.15, 0.2) is 176 Å². The normalized spacial score (nSPS) is 11.6. The molecule has 5 nitrogen and oxygen atoms in total. The summed E-state index contributed by atoms with van der Waals surface area (Å²) in [5, 5.41) is 17.4.